The van der Waals surface area contributed by atoms with Crippen molar-refractivity contribution in [3.05, 3.63) is 34.6 Å². The van der Waals surface area contributed by atoms with E-state index >= 15 is 0 Å². The molecule has 5 nitrogen and oxygen atoms in total. The molecule has 0 bridgehead atoms. The summed E-state index contributed by atoms with van der Waals surface area (Å²) >= 11 is 6.20. The number of likely N-dealkylation sites (tertiary alicyclic amines) is 1. The predicted octanol–water partition coefficient (Wildman–Crippen LogP) is 3.62. The molecule has 2 aliphatic heterocycles. The summed E-state index contributed by atoms with van der Waals surface area (Å²) < 4.78 is 19.6. The van der Waals surface area contributed by atoms with Crippen LogP contribution in [0.5, 0.6) is 0 Å². The summed E-state index contributed by atoms with van der Waals surface area (Å²) in [4.78, 5) is 6.94. The number of nitrogens with zero attached hydrogens (tertiary/aromatic N) is 2. The van der Waals surface area contributed by atoms with Gasteiger partial charge in [-0.3, -0.25) is 4.99 Å². The van der Waals surface area contributed by atoms with Crippen molar-refractivity contribution in [3.63, 3.8) is 0 Å². The lowest BCUT2D eigenvalue weighted by atomic mass is 10.0. The van der Waals surface area contributed by atoms with Crippen molar-refractivity contribution in [3.8, 4) is 0 Å². The number of rotatable bonds is 5. The van der Waals surface area contributed by atoms with Crippen LogP contribution in [0.25, 0.3) is 0 Å². The van der Waals surface area contributed by atoms with E-state index in [1.54, 1.807) is 19.2 Å². The fourth-order valence-corrected chi connectivity index (χ4v) is 4.73. The molecule has 0 radical (unpaired) electrons. The Morgan fingerprint density at radius 2 is 2.07 bits per heavy atom. The summed E-state index contributed by atoms with van der Waals surface area (Å²) in [5.41, 5.74) is 0.626. The van der Waals surface area contributed by atoms with Gasteiger partial charge in [0.05, 0.1) is 6.61 Å². The second-order valence-electron chi connectivity index (χ2n) is 8.25. The summed E-state index contributed by atoms with van der Waals surface area (Å²) in [5, 5.41) is 7.51. The van der Waals surface area contributed by atoms with Crippen LogP contribution in [0.15, 0.2) is 23.2 Å². The zero-order valence-corrected chi connectivity index (χ0v) is 20.0. The molecule has 1 saturated carbocycles. The van der Waals surface area contributed by atoms with Gasteiger partial charge in [0.1, 0.15) is 5.82 Å². The number of aliphatic imine (C=N–C) groups is 1. The van der Waals surface area contributed by atoms with Crippen LogP contribution in [0.3, 0.4) is 0 Å². The number of piperidine rings is 1. The minimum absolute atomic E-state index is 0. The van der Waals surface area contributed by atoms with Crippen LogP contribution in [0, 0.1) is 11.7 Å². The van der Waals surface area contributed by atoms with E-state index in [-0.39, 0.29) is 41.8 Å². The van der Waals surface area contributed by atoms with Crippen LogP contribution in [0.1, 0.15) is 37.2 Å². The van der Waals surface area contributed by atoms with Crippen molar-refractivity contribution in [2.24, 2.45) is 10.9 Å². The molecule has 8 heteroatoms. The molecule has 4 rings (SSSR count). The number of hydrogen-bond acceptors (Lipinski definition) is 3. The number of halogens is 3. The molecular weight excluding hydrogens is 506 g/mol. The molecule has 0 aromatic heterocycles. The molecule has 2 N–H and O–H groups in total. The Morgan fingerprint density at radius 3 is 2.72 bits per heavy atom. The molecule has 3 atom stereocenters. The van der Waals surface area contributed by atoms with Gasteiger partial charge in [-0.05, 0) is 43.7 Å². The summed E-state index contributed by atoms with van der Waals surface area (Å²) in [5.74, 6) is 1.41. The van der Waals surface area contributed by atoms with E-state index in [4.69, 9.17) is 16.3 Å². The standard InChI is InChI=1S/C21H30ClFN4O.HI/c1-24-21(26-19-11-16(19)20-17(22)3-2-4-18(20)23)25-15-5-8-27(9-6-15)12-14-7-10-28-13-14;/h2-4,14-16,19H,5-13H2,1H3,(H2,24,25,26);1H. The average Bonchev–Trinajstić information content (AvgIpc) is 3.22. The quantitative estimate of drug-likeness (QED) is 0.343. The zero-order chi connectivity index (χ0) is 19.5. The van der Waals surface area contributed by atoms with Gasteiger partial charge in [0.25, 0.3) is 0 Å². The van der Waals surface area contributed by atoms with Crippen molar-refractivity contribution >= 4 is 41.5 Å². The van der Waals surface area contributed by atoms with Gasteiger partial charge in [0, 0.05) is 61.9 Å². The Kier molecular flexibility index (Phi) is 8.41. The predicted molar refractivity (Wildman–Crippen MR) is 126 cm³/mol. The SMILES string of the molecule is CN=C(NC1CCN(CC2CCOC2)CC1)NC1CC1c1c(F)cccc1Cl.I. The van der Waals surface area contributed by atoms with Crippen molar-refractivity contribution in [2.45, 2.75) is 43.7 Å². The fraction of sp³-hybridized carbons (Fsp3) is 0.667. The van der Waals surface area contributed by atoms with Crippen LogP contribution in [-0.4, -0.2) is 62.8 Å². The van der Waals surface area contributed by atoms with Crippen LogP contribution in [0.2, 0.25) is 5.02 Å². The first kappa shape index (κ1) is 23.0. The van der Waals surface area contributed by atoms with Gasteiger partial charge in [-0.25, -0.2) is 4.39 Å². The van der Waals surface area contributed by atoms with Gasteiger partial charge in [-0.15, -0.1) is 24.0 Å². The monoisotopic (exact) mass is 536 g/mol. The molecule has 3 aliphatic rings. The van der Waals surface area contributed by atoms with E-state index in [1.807, 2.05) is 0 Å². The van der Waals surface area contributed by atoms with Gasteiger partial charge in [0.2, 0.25) is 0 Å². The Morgan fingerprint density at radius 1 is 1.28 bits per heavy atom. The smallest absolute Gasteiger partial charge is 0.191 e. The lowest BCUT2D eigenvalue weighted by molar-refractivity contribution is 0.150. The maximum absolute atomic E-state index is 14.1. The third-order valence-electron chi connectivity index (χ3n) is 6.18. The van der Waals surface area contributed by atoms with Crippen molar-refractivity contribution in [1.82, 2.24) is 15.5 Å². The summed E-state index contributed by atoms with van der Waals surface area (Å²) in [6.07, 6.45) is 4.30. The summed E-state index contributed by atoms with van der Waals surface area (Å²) in [6.45, 7) is 5.23. The van der Waals surface area contributed by atoms with E-state index in [0.29, 0.717) is 22.5 Å². The topological polar surface area (TPSA) is 48.9 Å². The van der Waals surface area contributed by atoms with E-state index < -0.39 is 0 Å². The molecule has 2 saturated heterocycles. The van der Waals surface area contributed by atoms with E-state index in [1.165, 1.54) is 12.5 Å². The minimum Gasteiger partial charge on any atom is -0.381 e. The molecule has 0 amide bonds. The van der Waals surface area contributed by atoms with Crippen LogP contribution in [0.4, 0.5) is 4.39 Å². The van der Waals surface area contributed by atoms with Gasteiger partial charge in [0.15, 0.2) is 5.96 Å². The first-order valence-electron chi connectivity index (χ1n) is 10.4. The highest BCUT2D eigenvalue weighted by Gasteiger charge is 2.42. The first-order valence-corrected chi connectivity index (χ1v) is 10.8. The second-order valence-corrected chi connectivity index (χ2v) is 8.66. The second kappa shape index (κ2) is 10.6. The van der Waals surface area contributed by atoms with E-state index in [0.717, 1.165) is 58.1 Å². The molecule has 1 aliphatic carbocycles. The Bertz CT molecular complexity index is 688. The third kappa shape index (κ3) is 5.95. The number of benzene rings is 1. The molecule has 162 valence electrons. The number of ether oxygens (including phenoxy) is 1. The van der Waals surface area contributed by atoms with Gasteiger partial charge in [-0.1, -0.05) is 17.7 Å². The molecule has 2 heterocycles. The molecule has 1 aromatic carbocycles. The molecule has 3 fully saturated rings. The van der Waals surface area contributed by atoms with Gasteiger partial charge < -0.3 is 20.3 Å². The Hall–Kier alpha value is -0.640. The minimum atomic E-state index is -0.218. The lowest BCUT2D eigenvalue weighted by Gasteiger charge is -2.34. The van der Waals surface area contributed by atoms with E-state index in [2.05, 4.69) is 20.5 Å². The van der Waals surface area contributed by atoms with Gasteiger partial charge >= 0.3 is 0 Å². The highest BCUT2D eigenvalue weighted by Crippen LogP contribution is 2.44. The maximum atomic E-state index is 14.1. The van der Waals surface area contributed by atoms with Gasteiger partial charge in [-0.2, -0.15) is 0 Å². The number of nitrogens with one attached hydrogen (secondary N) is 2. The lowest BCUT2D eigenvalue weighted by Crippen LogP contribution is -2.49. The summed E-state index contributed by atoms with van der Waals surface area (Å²) in [7, 11) is 1.79. The molecule has 0 spiro atoms. The highest BCUT2D eigenvalue weighted by atomic mass is 127. The number of hydrogen-bond donors (Lipinski definition) is 2. The third-order valence-corrected chi connectivity index (χ3v) is 6.51. The molecule has 29 heavy (non-hydrogen) atoms. The molecule has 1 aromatic rings. The maximum Gasteiger partial charge on any atom is 0.191 e. The molecule has 3 unspecified atom stereocenters. The molecular formula is C21H31ClFIN4O. The normalized spacial score (nSPS) is 28.1. The van der Waals surface area contributed by atoms with Crippen molar-refractivity contribution in [2.75, 3.05) is 39.9 Å². The fourth-order valence-electron chi connectivity index (χ4n) is 4.43. The Balaban J connectivity index is 0.00000240. The zero-order valence-electron chi connectivity index (χ0n) is 16.9. The van der Waals surface area contributed by atoms with Crippen LogP contribution < -0.4 is 10.6 Å². The first-order chi connectivity index (χ1) is 13.6. The van der Waals surface area contributed by atoms with Crippen molar-refractivity contribution < 1.29 is 9.13 Å². The van der Waals surface area contributed by atoms with Crippen LogP contribution in [-0.2, 0) is 4.74 Å². The number of guanidine groups is 1. The largest absolute Gasteiger partial charge is 0.381 e. The van der Waals surface area contributed by atoms with Crippen molar-refractivity contribution in [1.29, 1.82) is 0 Å². The van der Waals surface area contributed by atoms with E-state index in [9.17, 15) is 4.39 Å². The van der Waals surface area contributed by atoms with Crippen LogP contribution >= 0.6 is 35.6 Å². The Labute approximate surface area is 194 Å². The highest BCUT2D eigenvalue weighted by molar-refractivity contribution is 14.0. The average molecular weight is 537 g/mol. The summed E-state index contributed by atoms with van der Waals surface area (Å²) in [6, 6.07) is 5.50.